The second-order valence-electron chi connectivity index (χ2n) is 5.27. The molecule has 1 heterocycles. The molecule has 1 N–H and O–H groups in total. The van der Waals surface area contributed by atoms with Crippen LogP contribution in [0.2, 0.25) is 5.02 Å². The molecule has 21 heavy (non-hydrogen) atoms. The van der Waals surface area contributed by atoms with Crippen molar-refractivity contribution < 1.29 is 4.74 Å². The van der Waals surface area contributed by atoms with Gasteiger partial charge >= 0.3 is 0 Å². The minimum Gasteiger partial charge on any atom is -0.492 e. The van der Waals surface area contributed by atoms with Gasteiger partial charge < -0.3 is 10.1 Å². The first-order chi connectivity index (χ1) is 10.0. The van der Waals surface area contributed by atoms with Crippen molar-refractivity contribution in [2.24, 2.45) is 0 Å². The standard InChI is InChI=1S/C15H21ClN4O/c1-11(2)17-9-13-10-20(19-18-13)6-7-21-14-4-5-15(16)12(3)8-14/h4-5,8,10-11,17H,6-7,9H2,1-3H3. The molecule has 0 saturated carbocycles. The summed E-state index contributed by atoms with van der Waals surface area (Å²) in [6.45, 7) is 8.10. The second kappa shape index (κ2) is 7.43. The Balaban J connectivity index is 1.79. The Bertz CT molecular complexity index is 583. The van der Waals surface area contributed by atoms with E-state index in [0.29, 0.717) is 19.2 Å². The second-order valence-corrected chi connectivity index (χ2v) is 5.68. The Morgan fingerprint density at radius 3 is 2.90 bits per heavy atom. The average molecular weight is 309 g/mol. The van der Waals surface area contributed by atoms with Crippen LogP contribution in [-0.4, -0.2) is 27.6 Å². The number of aromatic nitrogens is 3. The fourth-order valence-electron chi connectivity index (χ4n) is 1.80. The zero-order chi connectivity index (χ0) is 15.2. The van der Waals surface area contributed by atoms with Gasteiger partial charge in [-0.3, -0.25) is 0 Å². The number of halogens is 1. The molecule has 0 unspecified atom stereocenters. The lowest BCUT2D eigenvalue weighted by molar-refractivity contribution is 0.289. The molecule has 0 aliphatic heterocycles. The summed E-state index contributed by atoms with van der Waals surface area (Å²) in [6, 6.07) is 6.08. The molecule has 1 aromatic heterocycles. The molecule has 0 fully saturated rings. The summed E-state index contributed by atoms with van der Waals surface area (Å²) in [5.41, 5.74) is 1.95. The zero-order valence-electron chi connectivity index (χ0n) is 12.6. The lowest BCUT2D eigenvalue weighted by Gasteiger charge is -2.07. The average Bonchev–Trinajstić information content (AvgIpc) is 2.88. The highest BCUT2D eigenvalue weighted by atomic mass is 35.5. The maximum absolute atomic E-state index is 5.98. The third-order valence-corrected chi connectivity index (χ3v) is 3.42. The molecule has 2 rings (SSSR count). The van der Waals surface area contributed by atoms with Gasteiger partial charge in [0.25, 0.3) is 0 Å². The Kier molecular flexibility index (Phi) is 5.59. The van der Waals surface area contributed by atoms with Crippen molar-refractivity contribution in [2.45, 2.75) is 39.9 Å². The molecule has 0 radical (unpaired) electrons. The van der Waals surface area contributed by atoms with E-state index < -0.39 is 0 Å². The predicted octanol–water partition coefficient (Wildman–Crippen LogP) is 2.82. The molecule has 2 aromatic rings. The highest BCUT2D eigenvalue weighted by molar-refractivity contribution is 6.31. The number of aryl methyl sites for hydroxylation is 1. The van der Waals surface area contributed by atoms with Crippen LogP contribution < -0.4 is 10.1 Å². The van der Waals surface area contributed by atoms with E-state index in [9.17, 15) is 0 Å². The number of hydrogen-bond acceptors (Lipinski definition) is 4. The molecule has 0 amide bonds. The summed E-state index contributed by atoms with van der Waals surface area (Å²) >= 11 is 5.98. The molecule has 6 heteroatoms. The summed E-state index contributed by atoms with van der Waals surface area (Å²) in [5.74, 6) is 0.818. The van der Waals surface area contributed by atoms with E-state index in [1.54, 1.807) is 4.68 Å². The van der Waals surface area contributed by atoms with Crippen molar-refractivity contribution in [3.63, 3.8) is 0 Å². The van der Waals surface area contributed by atoms with Gasteiger partial charge in [-0.15, -0.1) is 5.10 Å². The van der Waals surface area contributed by atoms with Crippen LogP contribution in [0.4, 0.5) is 0 Å². The molecule has 0 atom stereocenters. The lowest BCUT2D eigenvalue weighted by Crippen LogP contribution is -2.21. The smallest absolute Gasteiger partial charge is 0.119 e. The topological polar surface area (TPSA) is 52.0 Å². The number of benzene rings is 1. The van der Waals surface area contributed by atoms with Gasteiger partial charge in [0.1, 0.15) is 12.4 Å². The minimum absolute atomic E-state index is 0.437. The third-order valence-electron chi connectivity index (χ3n) is 3.00. The minimum atomic E-state index is 0.437. The van der Waals surface area contributed by atoms with Crippen molar-refractivity contribution >= 4 is 11.6 Å². The quantitative estimate of drug-likeness (QED) is 0.854. The number of rotatable bonds is 7. The Morgan fingerprint density at radius 1 is 1.38 bits per heavy atom. The Labute approximate surface area is 130 Å². The zero-order valence-corrected chi connectivity index (χ0v) is 13.4. The molecule has 0 aliphatic rings. The number of hydrogen-bond donors (Lipinski definition) is 1. The molecule has 1 aromatic carbocycles. The van der Waals surface area contributed by atoms with Crippen LogP contribution in [0, 0.1) is 6.92 Å². The van der Waals surface area contributed by atoms with Gasteiger partial charge in [0.05, 0.1) is 12.2 Å². The molecular formula is C15H21ClN4O. The van der Waals surface area contributed by atoms with Crippen LogP contribution in [0.1, 0.15) is 25.1 Å². The summed E-state index contributed by atoms with van der Waals surface area (Å²) < 4.78 is 7.48. The first-order valence-electron chi connectivity index (χ1n) is 7.06. The fourth-order valence-corrected chi connectivity index (χ4v) is 1.92. The lowest BCUT2D eigenvalue weighted by atomic mass is 10.2. The molecule has 5 nitrogen and oxygen atoms in total. The fraction of sp³-hybridized carbons (Fsp3) is 0.467. The van der Waals surface area contributed by atoms with Crippen molar-refractivity contribution in [2.75, 3.05) is 6.61 Å². The summed E-state index contributed by atoms with van der Waals surface area (Å²) in [6.07, 6.45) is 1.94. The van der Waals surface area contributed by atoms with Crippen molar-refractivity contribution in [3.8, 4) is 5.75 Å². The number of nitrogens with zero attached hydrogens (tertiary/aromatic N) is 3. The van der Waals surface area contributed by atoms with Crippen molar-refractivity contribution in [3.05, 3.63) is 40.7 Å². The van der Waals surface area contributed by atoms with Gasteiger partial charge in [0.15, 0.2) is 0 Å². The Hall–Kier alpha value is -1.59. The maximum atomic E-state index is 5.98. The SMILES string of the molecule is Cc1cc(OCCn2cc(CNC(C)C)nn2)ccc1Cl. The summed E-state index contributed by atoms with van der Waals surface area (Å²) in [7, 11) is 0. The molecule has 0 aliphatic carbocycles. The van der Waals surface area contributed by atoms with Crippen LogP contribution >= 0.6 is 11.6 Å². The van der Waals surface area contributed by atoms with Crippen molar-refractivity contribution in [1.29, 1.82) is 0 Å². The van der Waals surface area contributed by atoms with Crippen LogP contribution in [-0.2, 0) is 13.1 Å². The van der Waals surface area contributed by atoms with E-state index in [1.807, 2.05) is 31.3 Å². The highest BCUT2D eigenvalue weighted by Crippen LogP contribution is 2.20. The Morgan fingerprint density at radius 2 is 2.19 bits per heavy atom. The van der Waals surface area contributed by atoms with E-state index in [0.717, 1.165) is 28.6 Å². The van der Waals surface area contributed by atoms with Crippen LogP contribution in [0.15, 0.2) is 24.4 Å². The van der Waals surface area contributed by atoms with Gasteiger partial charge in [0.2, 0.25) is 0 Å². The van der Waals surface area contributed by atoms with Gasteiger partial charge in [0, 0.05) is 23.8 Å². The molecule has 0 saturated heterocycles. The van der Waals surface area contributed by atoms with Crippen LogP contribution in [0.3, 0.4) is 0 Å². The maximum Gasteiger partial charge on any atom is 0.119 e. The number of nitrogens with one attached hydrogen (secondary N) is 1. The summed E-state index contributed by atoms with van der Waals surface area (Å²) in [4.78, 5) is 0. The first-order valence-corrected chi connectivity index (χ1v) is 7.43. The van der Waals surface area contributed by atoms with Crippen LogP contribution in [0.5, 0.6) is 5.75 Å². The van der Waals surface area contributed by atoms with Crippen LogP contribution in [0.25, 0.3) is 0 Å². The van der Waals surface area contributed by atoms with Gasteiger partial charge in [-0.2, -0.15) is 0 Å². The van der Waals surface area contributed by atoms with E-state index in [4.69, 9.17) is 16.3 Å². The van der Waals surface area contributed by atoms with E-state index in [1.165, 1.54) is 0 Å². The van der Waals surface area contributed by atoms with Gasteiger partial charge in [-0.1, -0.05) is 30.7 Å². The molecule has 0 bridgehead atoms. The molecular weight excluding hydrogens is 288 g/mol. The van der Waals surface area contributed by atoms with E-state index in [-0.39, 0.29) is 0 Å². The van der Waals surface area contributed by atoms with Gasteiger partial charge in [-0.05, 0) is 30.7 Å². The van der Waals surface area contributed by atoms with Gasteiger partial charge in [-0.25, -0.2) is 4.68 Å². The van der Waals surface area contributed by atoms with E-state index in [2.05, 4.69) is 29.5 Å². The summed E-state index contributed by atoms with van der Waals surface area (Å²) in [5, 5.41) is 12.3. The molecule has 0 spiro atoms. The predicted molar refractivity (Wildman–Crippen MR) is 83.7 cm³/mol. The van der Waals surface area contributed by atoms with E-state index >= 15 is 0 Å². The molecule has 114 valence electrons. The number of ether oxygens (including phenoxy) is 1. The first kappa shape index (κ1) is 15.8. The van der Waals surface area contributed by atoms with Crippen molar-refractivity contribution in [1.82, 2.24) is 20.3 Å². The monoisotopic (exact) mass is 308 g/mol. The normalized spacial score (nSPS) is 11.1. The highest BCUT2D eigenvalue weighted by Gasteiger charge is 2.03. The largest absolute Gasteiger partial charge is 0.492 e. The third kappa shape index (κ3) is 5.02.